The molecule has 4 nitrogen and oxygen atoms in total. The molecule has 1 N–H and O–H groups in total. The van der Waals surface area contributed by atoms with Crippen molar-refractivity contribution in [1.82, 2.24) is 4.98 Å². The van der Waals surface area contributed by atoms with Crippen LogP contribution in [0, 0.1) is 0 Å². The maximum Gasteiger partial charge on any atom is 0.184 e. The third-order valence-electron chi connectivity index (χ3n) is 2.75. The highest BCUT2D eigenvalue weighted by molar-refractivity contribution is 7.09. The van der Waals surface area contributed by atoms with Crippen molar-refractivity contribution in [1.29, 1.82) is 0 Å². The van der Waals surface area contributed by atoms with Crippen molar-refractivity contribution in [3.63, 3.8) is 0 Å². The van der Waals surface area contributed by atoms with E-state index in [1.165, 1.54) is 11.3 Å². The summed E-state index contributed by atoms with van der Waals surface area (Å²) >= 11 is 1.48. The number of para-hydroxylation sites is 2. The summed E-state index contributed by atoms with van der Waals surface area (Å²) in [4.78, 5) is 4.37. The Kier molecular flexibility index (Phi) is 2.93. The van der Waals surface area contributed by atoms with Crippen LogP contribution in [0.2, 0.25) is 0 Å². The highest BCUT2D eigenvalue weighted by Crippen LogP contribution is 2.36. The Hall–Kier alpha value is -1.59. The lowest BCUT2D eigenvalue weighted by Gasteiger charge is -2.24. The summed E-state index contributed by atoms with van der Waals surface area (Å²) in [6, 6.07) is 7.59. The number of rotatable bonds is 2. The van der Waals surface area contributed by atoms with Crippen LogP contribution in [0.4, 0.5) is 0 Å². The van der Waals surface area contributed by atoms with Crippen LogP contribution in [0.3, 0.4) is 0 Å². The van der Waals surface area contributed by atoms with Gasteiger partial charge >= 0.3 is 0 Å². The van der Waals surface area contributed by atoms with Crippen molar-refractivity contribution < 1.29 is 14.6 Å². The Bertz CT molecular complexity index is 553. The maximum absolute atomic E-state index is 9.47. The van der Waals surface area contributed by atoms with E-state index in [0.717, 1.165) is 16.5 Å². The molecule has 2 atom stereocenters. The summed E-state index contributed by atoms with van der Waals surface area (Å²) in [5.41, 5.74) is 0.678. The number of fused-ring (bicyclic) bond motifs is 1. The lowest BCUT2D eigenvalue weighted by molar-refractivity contribution is 0.0905. The van der Waals surface area contributed by atoms with Gasteiger partial charge in [0.15, 0.2) is 17.6 Å². The van der Waals surface area contributed by atoms with E-state index in [2.05, 4.69) is 4.98 Å². The largest absolute Gasteiger partial charge is 0.485 e. The molecule has 0 saturated carbocycles. The van der Waals surface area contributed by atoms with E-state index in [-0.39, 0.29) is 6.10 Å². The van der Waals surface area contributed by atoms with Gasteiger partial charge in [0.25, 0.3) is 0 Å². The zero-order valence-corrected chi connectivity index (χ0v) is 10.7. The summed E-state index contributed by atoms with van der Waals surface area (Å²) in [6.45, 7) is 2.15. The molecule has 1 aliphatic heterocycles. The van der Waals surface area contributed by atoms with Crippen molar-refractivity contribution in [2.75, 3.05) is 6.61 Å². The number of ether oxygens (including phenoxy) is 2. The molecule has 2 aromatic rings. The van der Waals surface area contributed by atoms with E-state index in [1.54, 1.807) is 6.92 Å². The van der Waals surface area contributed by atoms with Gasteiger partial charge in [0.1, 0.15) is 11.6 Å². The number of benzene rings is 1. The van der Waals surface area contributed by atoms with Gasteiger partial charge in [-0.25, -0.2) is 4.98 Å². The Balaban J connectivity index is 1.83. The smallest absolute Gasteiger partial charge is 0.184 e. The van der Waals surface area contributed by atoms with Crippen LogP contribution in [-0.2, 0) is 0 Å². The number of hydrogen-bond donors (Lipinski definition) is 1. The summed E-state index contributed by atoms with van der Waals surface area (Å²) < 4.78 is 11.5. The lowest BCUT2D eigenvalue weighted by atomic mass is 10.2. The van der Waals surface area contributed by atoms with E-state index in [0.29, 0.717) is 12.3 Å². The molecular formula is C13H13NO3S. The van der Waals surface area contributed by atoms with Gasteiger partial charge < -0.3 is 14.6 Å². The first-order valence-electron chi connectivity index (χ1n) is 5.76. The quantitative estimate of drug-likeness (QED) is 0.905. The molecule has 2 unspecified atom stereocenters. The minimum Gasteiger partial charge on any atom is -0.485 e. The zero-order chi connectivity index (χ0) is 12.5. The number of aliphatic hydroxyl groups excluding tert-OH is 1. The number of thiazole rings is 1. The first kappa shape index (κ1) is 11.5. The maximum atomic E-state index is 9.47. The van der Waals surface area contributed by atoms with Crippen LogP contribution < -0.4 is 9.47 Å². The molecule has 0 amide bonds. The fourth-order valence-corrected chi connectivity index (χ4v) is 2.70. The molecule has 2 heterocycles. The Labute approximate surface area is 109 Å². The minimum atomic E-state index is -0.549. The molecule has 5 heteroatoms. The predicted octanol–water partition coefficient (Wildman–Crippen LogP) is 2.71. The molecule has 0 fully saturated rings. The minimum absolute atomic E-state index is 0.197. The van der Waals surface area contributed by atoms with Crippen LogP contribution in [0.5, 0.6) is 11.5 Å². The topological polar surface area (TPSA) is 51.6 Å². The first-order valence-corrected chi connectivity index (χ1v) is 6.64. The SMILES string of the molecule is CC(O)c1csc(C2COc3ccccc3O2)n1. The van der Waals surface area contributed by atoms with E-state index >= 15 is 0 Å². The normalized spacial score (nSPS) is 19.6. The standard InChI is InChI=1S/C13H13NO3S/c1-8(15)9-7-18-13(14-9)12-6-16-10-4-2-3-5-11(10)17-12/h2-5,7-8,12,15H,6H2,1H3. The Morgan fingerprint density at radius 2 is 2.17 bits per heavy atom. The molecule has 1 aromatic carbocycles. The summed E-state index contributed by atoms with van der Waals surface area (Å²) in [6.07, 6.45) is -0.746. The highest BCUT2D eigenvalue weighted by atomic mass is 32.1. The molecule has 3 rings (SSSR count). The molecule has 94 valence electrons. The van der Waals surface area contributed by atoms with Gasteiger partial charge in [-0.05, 0) is 19.1 Å². The molecule has 18 heavy (non-hydrogen) atoms. The second-order valence-electron chi connectivity index (χ2n) is 4.15. The van der Waals surface area contributed by atoms with E-state index in [4.69, 9.17) is 9.47 Å². The third kappa shape index (κ3) is 2.07. The summed E-state index contributed by atoms with van der Waals surface area (Å²) in [7, 11) is 0. The van der Waals surface area contributed by atoms with Gasteiger partial charge in [0.2, 0.25) is 0 Å². The molecule has 0 spiro atoms. The Morgan fingerprint density at radius 3 is 2.89 bits per heavy atom. The fraction of sp³-hybridized carbons (Fsp3) is 0.308. The van der Waals surface area contributed by atoms with Gasteiger partial charge in [-0.1, -0.05) is 12.1 Å². The number of aromatic nitrogens is 1. The second kappa shape index (κ2) is 4.59. The predicted molar refractivity (Wildman–Crippen MR) is 68.1 cm³/mol. The van der Waals surface area contributed by atoms with Crippen LogP contribution >= 0.6 is 11.3 Å². The van der Waals surface area contributed by atoms with Crippen molar-refractivity contribution in [3.8, 4) is 11.5 Å². The van der Waals surface area contributed by atoms with Crippen molar-refractivity contribution >= 4 is 11.3 Å². The first-order chi connectivity index (χ1) is 8.74. The van der Waals surface area contributed by atoms with Crippen LogP contribution in [0.1, 0.15) is 29.8 Å². The third-order valence-corrected chi connectivity index (χ3v) is 3.71. The van der Waals surface area contributed by atoms with E-state index in [1.807, 2.05) is 29.6 Å². The molecule has 0 radical (unpaired) electrons. The average molecular weight is 263 g/mol. The molecule has 1 aliphatic rings. The Morgan fingerprint density at radius 1 is 1.39 bits per heavy atom. The van der Waals surface area contributed by atoms with Gasteiger partial charge in [0, 0.05) is 5.38 Å². The average Bonchev–Trinajstić information content (AvgIpc) is 2.88. The summed E-state index contributed by atoms with van der Waals surface area (Å²) in [5.74, 6) is 1.50. The number of hydrogen-bond acceptors (Lipinski definition) is 5. The van der Waals surface area contributed by atoms with Gasteiger partial charge in [-0.15, -0.1) is 11.3 Å². The lowest BCUT2D eigenvalue weighted by Crippen LogP contribution is -2.21. The fourth-order valence-electron chi connectivity index (χ4n) is 1.78. The molecular weight excluding hydrogens is 250 g/mol. The van der Waals surface area contributed by atoms with Crippen molar-refractivity contribution in [3.05, 3.63) is 40.3 Å². The van der Waals surface area contributed by atoms with Crippen LogP contribution in [-0.4, -0.2) is 16.7 Å². The van der Waals surface area contributed by atoms with E-state index < -0.39 is 6.10 Å². The zero-order valence-electron chi connectivity index (χ0n) is 9.87. The monoisotopic (exact) mass is 263 g/mol. The van der Waals surface area contributed by atoms with Gasteiger partial charge in [-0.3, -0.25) is 0 Å². The number of nitrogens with zero attached hydrogens (tertiary/aromatic N) is 1. The highest BCUT2D eigenvalue weighted by Gasteiger charge is 2.25. The van der Waals surface area contributed by atoms with Gasteiger partial charge in [0.05, 0.1) is 11.8 Å². The number of aliphatic hydroxyl groups is 1. The summed E-state index contributed by atoms with van der Waals surface area (Å²) in [5, 5.41) is 12.2. The molecule has 0 aliphatic carbocycles. The van der Waals surface area contributed by atoms with Gasteiger partial charge in [-0.2, -0.15) is 0 Å². The van der Waals surface area contributed by atoms with E-state index in [9.17, 15) is 5.11 Å². The van der Waals surface area contributed by atoms with Crippen molar-refractivity contribution in [2.45, 2.75) is 19.1 Å². The molecule has 0 saturated heterocycles. The molecule has 1 aromatic heterocycles. The second-order valence-corrected chi connectivity index (χ2v) is 5.04. The van der Waals surface area contributed by atoms with Crippen molar-refractivity contribution in [2.24, 2.45) is 0 Å². The van der Waals surface area contributed by atoms with Crippen LogP contribution in [0.25, 0.3) is 0 Å². The molecule has 0 bridgehead atoms. The van der Waals surface area contributed by atoms with Crippen LogP contribution in [0.15, 0.2) is 29.6 Å².